The van der Waals surface area contributed by atoms with Crippen LogP contribution in [0.1, 0.15) is 27.9 Å². The average Bonchev–Trinajstić information content (AvgIpc) is 2.61. The summed E-state index contributed by atoms with van der Waals surface area (Å²) in [6.45, 7) is 2.31. The Hall–Kier alpha value is -2.89. The van der Waals surface area contributed by atoms with Crippen LogP contribution in [0, 0.1) is 0 Å². The second-order valence-electron chi connectivity index (χ2n) is 5.27. The number of aromatic carboxylic acids is 1. The SMILES string of the molecule is O=C(O)c1ccc(CNc2ncccc2C2=NCCCN2)cc1. The molecule has 0 radical (unpaired) electrons. The Labute approximate surface area is 134 Å². The molecule has 0 unspecified atom stereocenters. The summed E-state index contributed by atoms with van der Waals surface area (Å²) in [5.41, 5.74) is 2.23. The van der Waals surface area contributed by atoms with Gasteiger partial charge >= 0.3 is 5.97 Å². The van der Waals surface area contributed by atoms with Gasteiger partial charge in [0.2, 0.25) is 0 Å². The molecule has 3 rings (SSSR count). The quantitative estimate of drug-likeness (QED) is 0.787. The first-order valence-electron chi connectivity index (χ1n) is 7.54. The predicted molar refractivity (Wildman–Crippen MR) is 89.0 cm³/mol. The van der Waals surface area contributed by atoms with E-state index in [1.54, 1.807) is 30.5 Å². The maximum Gasteiger partial charge on any atom is 0.335 e. The minimum atomic E-state index is -0.919. The highest BCUT2D eigenvalue weighted by Gasteiger charge is 2.12. The maximum absolute atomic E-state index is 10.9. The van der Waals surface area contributed by atoms with Crippen molar-refractivity contribution in [3.63, 3.8) is 0 Å². The van der Waals surface area contributed by atoms with E-state index in [9.17, 15) is 4.79 Å². The Kier molecular flexibility index (Phi) is 4.52. The number of anilines is 1. The molecule has 0 spiro atoms. The Morgan fingerprint density at radius 3 is 2.78 bits per heavy atom. The van der Waals surface area contributed by atoms with Crippen LogP contribution in [-0.4, -0.2) is 35.0 Å². The van der Waals surface area contributed by atoms with Crippen LogP contribution in [-0.2, 0) is 6.54 Å². The molecule has 2 heterocycles. The van der Waals surface area contributed by atoms with Gasteiger partial charge in [-0.1, -0.05) is 12.1 Å². The van der Waals surface area contributed by atoms with E-state index >= 15 is 0 Å². The van der Waals surface area contributed by atoms with E-state index in [1.807, 2.05) is 12.1 Å². The number of carbonyl (C=O) groups is 1. The minimum absolute atomic E-state index is 0.285. The average molecular weight is 310 g/mol. The molecular weight excluding hydrogens is 292 g/mol. The highest BCUT2D eigenvalue weighted by atomic mass is 16.4. The third-order valence-electron chi connectivity index (χ3n) is 3.62. The molecule has 3 N–H and O–H groups in total. The van der Waals surface area contributed by atoms with Crippen molar-refractivity contribution in [2.45, 2.75) is 13.0 Å². The number of carboxylic acids is 1. The van der Waals surface area contributed by atoms with Gasteiger partial charge in [-0.2, -0.15) is 0 Å². The molecule has 6 nitrogen and oxygen atoms in total. The Morgan fingerprint density at radius 2 is 2.09 bits per heavy atom. The number of aliphatic imine (C=N–C) groups is 1. The van der Waals surface area contributed by atoms with Crippen LogP contribution >= 0.6 is 0 Å². The summed E-state index contributed by atoms with van der Waals surface area (Å²) in [5, 5.41) is 15.5. The second-order valence-corrected chi connectivity index (χ2v) is 5.27. The second kappa shape index (κ2) is 6.91. The molecule has 0 atom stereocenters. The van der Waals surface area contributed by atoms with E-state index in [-0.39, 0.29) is 5.56 Å². The molecule has 0 fully saturated rings. The first kappa shape index (κ1) is 15.0. The zero-order valence-electron chi connectivity index (χ0n) is 12.6. The molecule has 1 aromatic heterocycles. The molecule has 1 aliphatic rings. The number of rotatable bonds is 5. The summed E-state index contributed by atoms with van der Waals surface area (Å²) in [7, 11) is 0. The summed E-state index contributed by atoms with van der Waals surface area (Å²) in [5.74, 6) is 0.717. The number of hydrogen-bond donors (Lipinski definition) is 3. The van der Waals surface area contributed by atoms with Gasteiger partial charge in [-0.3, -0.25) is 4.99 Å². The molecular formula is C17H18N4O2. The Balaban J connectivity index is 1.73. The normalized spacial score (nSPS) is 13.8. The largest absolute Gasteiger partial charge is 0.478 e. The summed E-state index contributed by atoms with van der Waals surface area (Å²) >= 11 is 0. The first-order chi connectivity index (χ1) is 11.2. The number of hydrogen-bond acceptors (Lipinski definition) is 5. The number of benzene rings is 1. The molecule has 0 bridgehead atoms. The van der Waals surface area contributed by atoms with Crippen LogP contribution < -0.4 is 10.6 Å². The zero-order chi connectivity index (χ0) is 16.1. The van der Waals surface area contributed by atoms with Gasteiger partial charge in [-0.25, -0.2) is 9.78 Å². The Morgan fingerprint density at radius 1 is 1.26 bits per heavy atom. The number of amidine groups is 1. The fourth-order valence-electron chi connectivity index (χ4n) is 2.40. The van der Waals surface area contributed by atoms with Gasteiger partial charge in [0, 0.05) is 25.8 Å². The van der Waals surface area contributed by atoms with E-state index in [0.29, 0.717) is 6.54 Å². The van der Waals surface area contributed by atoms with Crippen molar-refractivity contribution < 1.29 is 9.90 Å². The monoisotopic (exact) mass is 310 g/mol. The van der Waals surface area contributed by atoms with Gasteiger partial charge in [0.1, 0.15) is 11.7 Å². The molecule has 2 aromatic rings. The lowest BCUT2D eigenvalue weighted by Gasteiger charge is -2.17. The molecule has 0 amide bonds. The van der Waals surface area contributed by atoms with Gasteiger partial charge in [0.05, 0.1) is 11.1 Å². The van der Waals surface area contributed by atoms with Crippen LogP contribution in [0.4, 0.5) is 5.82 Å². The predicted octanol–water partition coefficient (Wildman–Crippen LogP) is 2.13. The summed E-state index contributed by atoms with van der Waals surface area (Å²) in [6.07, 6.45) is 2.78. The van der Waals surface area contributed by atoms with Gasteiger partial charge in [0.15, 0.2) is 0 Å². The summed E-state index contributed by atoms with van der Waals surface area (Å²) < 4.78 is 0. The molecule has 1 aromatic carbocycles. The molecule has 23 heavy (non-hydrogen) atoms. The zero-order valence-corrected chi connectivity index (χ0v) is 12.6. The van der Waals surface area contributed by atoms with E-state index in [1.165, 1.54) is 0 Å². The fourth-order valence-corrected chi connectivity index (χ4v) is 2.40. The van der Waals surface area contributed by atoms with Crippen LogP contribution in [0.2, 0.25) is 0 Å². The van der Waals surface area contributed by atoms with Crippen molar-refractivity contribution in [2.75, 3.05) is 18.4 Å². The van der Waals surface area contributed by atoms with Crippen LogP contribution in [0.5, 0.6) is 0 Å². The topological polar surface area (TPSA) is 86.6 Å². The van der Waals surface area contributed by atoms with E-state index in [2.05, 4.69) is 20.6 Å². The number of nitrogens with one attached hydrogen (secondary N) is 2. The highest BCUT2D eigenvalue weighted by molar-refractivity contribution is 6.03. The van der Waals surface area contributed by atoms with Gasteiger partial charge in [-0.15, -0.1) is 0 Å². The lowest BCUT2D eigenvalue weighted by molar-refractivity contribution is 0.0697. The maximum atomic E-state index is 10.9. The lowest BCUT2D eigenvalue weighted by Crippen LogP contribution is -2.31. The van der Waals surface area contributed by atoms with E-state index < -0.39 is 5.97 Å². The Bertz CT molecular complexity index is 726. The van der Waals surface area contributed by atoms with Crippen molar-refractivity contribution in [1.82, 2.24) is 10.3 Å². The molecule has 6 heteroatoms. The van der Waals surface area contributed by atoms with Crippen molar-refractivity contribution >= 4 is 17.6 Å². The van der Waals surface area contributed by atoms with Crippen molar-refractivity contribution in [2.24, 2.45) is 4.99 Å². The fraction of sp³-hybridized carbons (Fsp3) is 0.235. The van der Waals surface area contributed by atoms with Gasteiger partial charge < -0.3 is 15.7 Å². The number of carboxylic acid groups (broad SMARTS) is 1. The standard InChI is InChI=1S/C17H18N4O2/c22-17(23)13-6-4-12(5-7-13)11-21-16-14(3-1-8-18-16)15-19-9-2-10-20-15/h1,3-8H,2,9-11H2,(H,18,21)(H,19,20)(H,22,23). The van der Waals surface area contributed by atoms with Crippen molar-refractivity contribution in [3.05, 3.63) is 59.3 Å². The van der Waals surface area contributed by atoms with Gasteiger partial charge in [0.25, 0.3) is 0 Å². The molecule has 0 saturated heterocycles. The number of pyridine rings is 1. The molecule has 1 aliphatic heterocycles. The number of nitrogens with zero attached hydrogens (tertiary/aromatic N) is 2. The van der Waals surface area contributed by atoms with Gasteiger partial charge in [-0.05, 0) is 36.2 Å². The molecule has 0 aliphatic carbocycles. The van der Waals surface area contributed by atoms with E-state index in [4.69, 9.17) is 5.11 Å². The van der Waals surface area contributed by atoms with Crippen LogP contribution in [0.3, 0.4) is 0 Å². The van der Waals surface area contributed by atoms with Crippen LogP contribution in [0.15, 0.2) is 47.6 Å². The summed E-state index contributed by atoms with van der Waals surface area (Å²) in [4.78, 5) is 19.8. The smallest absolute Gasteiger partial charge is 0.335 e. The first-order valence-corrected chi connectivity index (χ1v) is 7.54. The third-order valence-corrected chi connectivity index (χ3v) is 3.62. The highest BCUT2D eigenvalue weighted by Crippen LogP contribution is 2.15. The summed E-state index contributed by atoms with van der Waals surface area (Å²) in [6, 6.07) is 10.7. The van der Waals surface area contributed by atoms with Crippen LogP contribution in [0.25, 0.3) is 0 Å². The number of aromatic nitrogens is 1. The molecule has 118 valence electrons. The molecule has 0 saturated carbocycles. The van der Waals surface area contributed by atoms with Crippen molar-refractivity contribution in [1.29, 1.82) is 0 Å². The van der Waals surface area contributed by atoms with E-state index in [0.717, 1.165) is 42.3 Å². The van der Waals surface area contributed by atoms with Crippen molar-refractivity contribution in [3.8, 4) is 0 Å². The minimum Gasteiger partial charge on any atom is -0.478 e. The lowest BCUT2D eigenvalue weighted by atomic mass is 10.1. The third kappa shape index (κ3) is 3.66.